The highest BCUT2D eigenvalue weighted by atomic mass is 79.9. The summed E-state index contributed by atoms with van der Waals surface area (Å²) in [6.07, 6.45) is 8.53. The van der Waals surface area contributed by atoms with Gasteiger partial charge in [-0.3, -0.25) is 9.97 Å². The summed E-state index contributed by atoms with van der Waals surface area (Å²) in [5.74, 6) is 0. The lowest BCUT2D eigenvalue weighted by atomic mass is 10.1. The Morgan fingerprint density at radius 3 is 2.45 bits per heavy atom. The number of hydrogen-bond donors (Lipinski definition) is 0. The molecule has 0 amide bonds. The molecule has 118 valence electrons. The van der Waals surface area contributed by atoms with Crippen molar-refractivity contribution < 1.29 is 4.74 Å². The summed E-state index contributed by atoms with van der Waals surface area (Å²) in [4.78, 5) is 8.79. The summed E-state index contributed by atoms with van der Waals surface area (Å²) in [5.41, 5.74) is 4.16. The van der Waals surface area contributed by atoms with Gasteiger partial charge in [0.2, 0.25) is 0 Å². The van der Waals surface area contributed by atoms with Crippen molar-refractivity contribution in [2.24, 2.45) is 0 Å². The number of rotatable bonds is 9. The first-order valence-electron chi connectivity index (χ1n) is 7.81. The lowest BCUT2D eigenvalue weighted by molar-refractivity contribution is 0.117. The van der Waals surface area contributed by atoms with Gasteiger partial charge in [0.15, 0.2) is 0 Å². The molecule has 0 atom stereocenters. The maximum atomic E-state index is 5.75. The molecule has 4 heteroatoms. The van der Waals surface area contributed by atoms with Gasteiger partial charge in [-0.25, -0.2) is 0 Å². The molecule has 0 saturated heterocycles. The largest absolute Gasteiger partial charge is 0.377 e. The molecule has 0 aromatic carbocycles. The Morgan fingerprint density at radius 2 is 1.68 bits per heavy atom. The zero-order valence-electron chi connectivity index (χ0n) is 13.1. The molecule has 2 rings (SSSR count). The van der Waals surface area contributed by atoms with E-state index < -0.39 is 0 Å². The van der Waals surface area contributed by atoms with Crippen molar-refractivity contribution in [1.82, 2.24) is 9.97 Å². The molecule has 0 aliphatic rings. The molecule has 0 fully saturated rings. The lowest BCUT2D eigenvalue weighted by Crippen LogP contribution is -1.97. The summed E-state index contributed by atoms with van der Waals surface area (Å²) >= 11 is 3.45. The van der Waals surface area contributed by atoms with Crippen LogP contribution >= 0.6 is 15.9 Å². The number of hydrogen-bond acceptors (Lipinski definition) is 3. The lowest BCUT2D eigenvalue weighted by Gasteiger charge is -2.06. The molecule has 0 N–H and O–H groups in total. The molecular formula is C18H23BrN2O. The molecular weight excluding hydrogens is 340 g/mol. The SMILES string of the molecule is Cc1ccnc(-c2cc(COCCCCCCBr)ccn2)c1. The minimum absolute atomic E-state index is 0.639. The second-order valence-corrected chi connectivity index (χ2v) is 6.22. The fraction of sp³-hybridized carbons (Fsp3) is 0.444. The van der Waals surface area contributed by atoms with E-state index in [2.05, 4.69) is 45.0 Å². The van der Waals surface area contributed by atoms with Crippen LogP contribution in [0.5, 0.6) is 0 Å². The molecule has 2 heterocycles. The van der Waals surface area contributed by atoms with Crippen LogP contribution in [0.1, 0.15) is 36.8 Å². The summed E-state index contributed by atoms with van der Waals surface area (Å²) in [7, 11) is 0. The van der Waals surface area contributed by atoms with Gasteiger partial charge in [0.05, 0.1) is 18.0 Å². The third-order valence-corrected chi connectivity index (χ3v) is 4.00. The van der Waals surface area contributed by atoms with Gasteiger partial charge in [-0.2, -0.15) is 0 Å². The van der Waals surface area contributed by atoms with Crippen LogP contribution in [0, 0.1) is 6.92 Å². The highest BCUT2D eigenvalue weighted by Crippen LogP contribution is 2.17. The number of aryl methyl sites for hydroxylation is 1. The van der Waals surface area contributed by atoms with Crippen LogP contribution in [-0.4, -0.2) is 21.9 Å². The van der Waals surface area contributed by atoms with E-state index >= 15 is 0 Å². The summed E-state index contributed by atoms with van der Waals surface area (Å²) in [6.45, 7) is 3.52. The van der Waals surface area contributed by atoms with E-state index in [4.69, 9.17) is 4.74 Å². The van der Waals surface area contributed by atoms with Crippen LogP contribution in [-0.2, 0) is 11.3 Å². The maximum absolute atomic E-state index is 5.75. The summed E-state index contributed by atoms with van der Waals surface area (Å²) in [6, 6.07) is 8.11. The van der Waals surface area contributed by atoms with Crippen LogP contribution in [0.25, 0.3) is 11.4 Å². The molecule has 0 radical (unpaired) electrons. The quantitative estimate of drug-likeness (QED) is 0.468. The van der Waals surface area contributed by atoms with Crippen LogP contribution in [0.3, 0.4) is 0 Å². The highest BCUT2D eigenvalue weighted by molar-refractivity contribution is 9.09. The van der Waals surface area contributed by atoms with Gasteiger partial charge in [0, 0.05) is 24.3 Å². The Kier molecular flexibility index (Phi) is 7.54. The van der Waals surface area contributed by atoms with E-state index in [0.29, 0.717) is 6.61 Å². The van der Waals surface area contributed by atoms with Crippen molar-refractivity contribution in [1.29, 1.82) is 0 Å². The molecule has 0 aliphatic heterocycles. The topological polar surface area (TPSA) is 35.0 Å². The third kappa shape index (κ3) is 5.85. The van der Waals surface area contributed by atoms with Crippen molar-refractivity contribution >= 4 is 15.9 Å². The normalized spacial score (nSPS) is 10.8. The second kappa shape index (κ2) is 9.70. The molecule has 2 aromatic rings. The van der Waals surface area contributed by atoms with E-state index in [1.165, 1.54) is 24.8 Å². The Morgan fingerprint density at radius 1 is 0.955 bits per heavy atom. The molecule has 0 spiro atoms. The van der Waals surface area contributed by atoms with Crippen molar-refractivity contribution in [3.63, 3.8) is 0 Å². The zero-order valence-corrected chi connectivity index (χ0v) is 14.7. The Labute approximate surface area is 141 Å². The number of ether oxygens (including phenoxy) is 1. The van der Waals surface area contributed by atoms with Gasteiger partial charge >= 0.3 is 0 Å². The zero-order chi connectivity index (χ0) is 15.6. The highest BCUT2D eigenvalue weighted by Gasteiger charge is 2.03. The van der Waals surface area contributed by atoms with Crippen molar-refractivity contribution in [3.8, 4) is 11.4 Å². The Bertz CT molecular complexity index is 575. The van der Waals surface area contributed by atoms with Crippen molar-refractivity contribution in [2.75, 3.05) is 11.9 Å². The van der Waals surface area contributed by atoms with Gasteiger partial charge in [-0.1, -0.05) is 28.8 Å². The van der Waals surface area contributed by atoms with Crippen LogP contribution in [0.2, 0.25) is 0 Å². The van der Waals surface area contributed by atoms with E-state index in [9.17, 15) is 0 Å². The maximum Gasteiger partial charge on any atom is 0.0889 e. The standard InChI is InChI=1S/C18H23BrN2O/c1-15-6-9-20-17(12-15)18-13-16(7-10-21-18)14-22-11-5-3-2-4-8-19/h6-7,9-10,12-13H,2-5,8,11,14H2,1H3. The monoisotopic (exact) mass is 362 g/mol. The van der Waals surface area contributed by atoms with Crippen LogP contribution in [0.4, 0.5) is 0 Å². The van der Waals surface area contributed by atoms with Crippen LogP contribution < -0.4 is 0 Å². The Hall–Kier alpha value is -1.26. The molecule has 0 unspecified atom stereocenters. The number of nitrogens with zero attached hydrogens (tertiary/aromatic N) is 2. The second-order valence-electron chi connectivity index (χ2n) is 5.42. The first kappa shape index (κ1) is 17.1. The smallest absolute Gasteiger partial charge is 0.0889 e. The van der Waals surface area contributed by atoms with Crippen molar-refractivity contribution in [3.05, 3.63) is 47.8 Å². The molecule has 0 aliphatic carbocycles. The van der Waals surface area contributed by atoms with Gasteiger partial charge in [-0.15, -0.1) is 0 Å². The van der Waals surface area contributed by atoms with Gasteiger partial charge in [0.25, 0.3) is 0 Å². The summed E-state index contributed by atoms with van der Waals surface area (Å²) in [5, 5.41) is 1.10. The van der Waals surface area contributed by atoms with Gasteiger partial charge < -0.3 is 4.74 Å². The van der Waals surface area contributed by atoms with Crippen molar-refractivity contribution in [2.45, 2.75) is 39.2 Å². The predicted molar refractivity (Wildman–Crippen MR) is 94.1 cm³/mol. The Balaban J connectivity index is 1.82. The van der Waals surface area contributed by atoms with Crippen LogP contribution in [0.15, 0.2) is 36.7 Å². The number of pyridine rings is 2. The van der Waals surface area contributed by atoms with Gasteiger partial charge in [0.1, 0.15) is 0 Å². The minimum Gasteiger partial charge on any atom is -0.377 e. The fourth-order valence-corrected chi connectivity index (χ4v) is 2.62. The van der Waals surface area contributed by atoms with E-state index in [1.807, 2.05) is 24.5 Å². The van der Waals surface area contributed by atoms with Gasteiger partial charge in [-0.05, 0) is 55.2 Å². The molecule has 22 heavy (non-hydrogen) atoms. The average molecular weight is 363 g/mol. The third-order valence-electron chi connectivity index (χ3n) is 3.44. The minimum atomic E-state index is 0.639. The first-order chi connectivity index (χ1) is 10.8. The summed E-state index contributed by atoms with van der Waals surface area (Å²) < 4.78 is 5.75. The molecule has 0 saturated carbocycles. The predicted octanol–water partition coefficient (Wildman–Crippen LogP) is 4.92. The number of aromatic nitrogens is 2. The average Bonchev–Trinajstić information content (AvgIpc) is 2.54. The number of halogens is 1. The molecule has 2 aromatic heterocycles. The molecule has 3 nitrogen and oxygen atoms in total. The first-order valence-corrected chi connectivity index (χ1v) is 8.93. The van der Waals surface area contributed by atoms with E-state index in [-0.39, 0.29) is 0 Å². The van der Waals surface area contributed by atoms with E-state index in [0.717, 1.165) is 35.3 Å². The fourth-order valence-electron chi connectivity index (χ4n) is 2.22. The van der Waals surface area contributed by atoms with E-state index in [1.54, 1.807) is 0 Å². The molecule has 0 bridgehead atoms. The number of alkyl halides is 1. The number of unbranched alkanes of at least 4 members (excludes halogenated alkanes) is 3.